The van der Waals surface area contributed by atoms with Crippen molar-refractivity contribution in [3.63, 3.8) is 0 Å². The predicted octanol–water partition coefficient (Wildman–Crippen LogP) is -1.20. The summed E-state index contributed by atoms with van der Waals surface area (Å²) in [5.74, 6) is 5.40. The van der Waals surface area contributed by atoms with Gasteiger partial charge in [0.25, 0.3) is 5.91 Å². The molecule has 0 radical (unpaired) electrons. The van der Waals surface area contributed by atoms with Gasteiger partial charge in [-0.2, -0.15) is 0 Å². The van der Waals surface area contributed by atoms with Crippen LogP contribution in [0.25, 0.3) is 11.2 Å². The molecule has 3 heterocycles. The molecule has 11 heteroatoms. The third kappa shape index (κ3) is 4.05. The van der Waals surface area contributed by atoms with Gasteiger partial charge in [0.15, 0.2) is 17.7 Å². The number of benzene rings is 1. The number of hydrogen-bond acceptors (Lipinski definition) is 9. The summed E-state index contributed by atoms with van der Waals surface area (Å²) in [5.41, 5.74) is 7.01. The van der Waals surface area contributed by atoms with E-state index < -0.39 is 31.1 Å². The molecule has 1 aromatic carbocycles. The van der Waals surface area contributed by atoms with Crippen LogP contribution in [-0.2, 0) is 4.74 Å². The lowest BCUT2D eigenvalue weighted by Gasteiger charge is -2.16. The number of rotatable bonds is 4. The second-order valence-corrected chi connectivity index (χ2v) is 6.84. The molecule has 160 valence electrons. The molecule has 4 atom stereocenters. The Morgan fingerprint density at radius 2 is 2.00 bits per heavy atom. The van der Waals surface area contributed by atoms with E-state index in [-0.39, 0.29) is 35.3 Å². The van der Waals surface area contributed by atoms with Crippen LogP contribution in [0, 0.1) is 11.8 Å². The summed E-state index contributed by atoms with van der Waals surface area (Å²) in [6, 6.07) is 8.74. The van der Waals surface area contributed by atoms with Gasteiger partial charge in [0.1, 0.15) is 23.8 Å². The minimum atomic E-state index is -1.30. The van der Waals surface area contributed by atoms with Crippen molar-refractivity contribution in [2.75, 3.05) is 18.9 Å². The van der Waals surface area contributed by atoms with E-state index in [0.717, 1.165) is 0 Å². The number of fused-ring (bicyclic) bond motifs is 1. The van der Waals surface area contributed by atoms with Crippen LogP contribution < -0.4 is 11.1 Å². The molecule has 0 bridgehead atoms. The number of imidazole rings is 1. The van der Waals surface area contributed by atoms with Crippen molar-refractivity contribution in [2.24, 2.45) is 0 Å². The SMILES string of the molecule is Nc1nc(C#CCNC(=O)c2ccccc2)nc2c1ncn2[C@@H]1O[C@H](CO)C(O)C1O. The summed E-state index contributed by atoms with van der Waals surface area (Å²) in [7, 11) is 0. The molecule has 6 N–H and O–H groups in total. The number of amides is 1. The van der Waals surface area contributed by atoms with E-state index in [1.807, 2.05) is 6.07 Å². The first-order valence-electron chi connectivity index (χ1n) is 9.44. The molecule has 1 amide bonds. The molecule has 31 heavy (non-hydrogen) atoms. The highest BCUT2D eigenvalue weighted by Crippen LogP contribution is 2.31. The Kier molecular flexibility index (Phi) is 5.79. The summed E-state index contributed by atoms with van der Waals surface area (Å²) in [6.45, 7) is -0.382. The van der Waals surface area contributed by atoms with Gasteiger partial charge in [-0.15, -0.1) is 0 Å². The zero-order valence-corrected chi connectivity index (χ0v) is 16.2. The van der Waals surface area contributed by atoms with Crippen molar-refractivity contribution in [3.05, 3.63) is 48.0 Å². The predicted molar refractivity (Wildman–Crippen MR) is 108 cm³/mol. The van der Waals surface area contributed by atoms with E-state index in [1.165, 1.54) is 10.9 Å². The van der Waals surface area contributed by atoms with Gasteiger partial charge in [-0.05, 0) is 18.1 Å². The number of ether oxygens (including phenoxy) is 1. The highest BCUT2D eigenvalue weighted by atomic mass is 16.6. The topological polar surface area (TPSA) is 169 Å². The number of nitrogens with zero attached hydrogens (tertiary/aromatic N) is 4. The molecular weight excluding hydrogens is 404 g/mol. The van der Waals surface area contributed by atoms with E-state index in [0.29, 0.717) is 5.56 Å². The number of nitrogens with two attached hydrogens (primary N) is 1. The molecule has 1 saturated heterocycles. The van der Waals surface area contributed by atoms with Gasteiger partial charge < -0.3 is 31.1 Å². The highest BCUT2D eigenvalue weighted by molar-refractivity contribution is 5.94. The maximum atomic E-state index is 12.0. The fourth-order valence-corrected chi connectivity index (χ4v) is 3.23. The quantitative estimate of drug-likeness (QED) is 0.323. The average Bonchev–Trinajstić information content (AvgIpc) is 3.33. The summed E-state index contributed by atoms with van der Waals surface area (Å²) in [4.78, 5) is 24.6. The van der Waals surface area contributed by atoms with Crippen molar-refractivity contribution in [3.8, 4) is 11.8 Å². The monoisotopic (exact) mass is 424 g/mol. The molecule has 1 aliphatic heterocycles. The van der Waals surface area contributed by atoms with Gasteiger partial charge in [-0.25, -0.2) is 15.0 Å². The zero-order valence-electron chi connectivity index (χ0n) is 16.2. The van der Waals surface area contributed by atoms with Crippen LogP contribution >= 0.6 is 0 Å². The van der Waals surface area contributed by atoms with Crippen molar-refractivity contribution in [2.45, 2.75) is 24.5 Å². The molecule has 0 spiro atoms. The van der Waals surface area contributed by atoms with Crippen LogP contribution in [-0.4, -0.2) is 72.2 Å². The smallest absolute Gasteiger partial charge is 0.252 e. The normalized spacial score (nSPS) is 22.8. The lowest BCUT2D eigenvalue weighted by Crippen LogP contribution is -2.33. The summed E-state index contributed by atoms with van der Waals surface area (Å²) >= 11 is 0. The molecule has 0 saturated carbocycles. The van der Waals surface area contributed by atoms with Crippen LogP contribution in [0.1, 0.15) is 22.4 Å². The molecule has 2 unspecified atom stereocenters. The largest absolute Gasteiger partial charge is 0.394 e. The van der Waals surface area contributed by atoms with Crippen LogP contribution in [0.5, 0.6) is 0 Å². The van der Waals surface area contributed by atoms with Crippen molar-refractivity contribution in [1.29, 1.82) is 0 Å². The number of anilines is 1. The second kappa shape index (κ2) is 8.66. The molecule has 2 aromatic heterocycles. The molecule has 4 rings (SSSR count). The third-order valence-electron chi connectivity index (χ3n) is 4.81. The Bertz CT molecular complexity index is 1160. The van der Waals surface area contributed by atoms with E-state index in [4.69, 9.17) is 10.5 Å². The van der Waals surface area contributed by atoms with Gasteiger partial charge >= 0.3 is 0 Å². The number of carbonyl (C=O) groups is 1. The van der Waals surface area contributed by atoms with Gasteiger partial charge in [-0.3, -0.25) is 9.36 Å². The number of carbonyl (C=O) groups excluding carboxylic acids is 1. The number of aromatic nitrogens is 4. The molecule has 11 nitrogen and oxygen atoms in total. The fraction of sp³-hybridized carbons (Fsp3) is 0.300. The lowest BCUT2D eigenvalue weighted by atomic mass is 10.1. The summed E-state index contributed by atoms with van der Waals surface area (Å²) in [5, 5.41) is 32.2. The molecular formula is C20H20N6O5. The van der Waals surface area contributed by atoms with Gasteiger partial charge in [0, 0.05) is 5.56 Å². The van der Waals surface area contributed by atoms with E-state index in [2.05, 4.69) is 32.1 Å². The summed E-state index contributed by atoms with van der Waals surface area (Å²) < 4.78 is 6.92. The maximum Gasteiger partial charge on any atom is 0.252 e. The number of nitrogen functional groups attached to an aromatic ring is 1. The summed E-state index contributed by atoms with van der Waals surface area (Å²) in [6.07, 6.45) is -3.16. The van der Waals surface area contributed by atoms with Gasteiger partial charge in [-0.1, -0.05) is 24.1 Å². The van der Waals surface area contributed by atoms with Crippen LogP contribution in [0.4, 0.5) is 5.82 Å². The minimum absolute atomic E-state index is 0.0725. The van der Waals surface area contributed by atoms with E-state index in [9.17, 15) is 20.1 Å². The van der Waals surface area contributed by atoms with Crippen LogP contribution in [0.2, 0.25) is 0 Å². The van der Waals surface area contributed by atoms with Crippen molar-refractivity contribution >= 4 is 22.9 Å². The first-order valence-corrected chi connectivity index (χ1v) is 9.44. The number of aliphatic hydroxyl groups is 3. The van der Waals surface area contributed by atoms with Crippen molar-refractivity contribution < 1.29 is 24.9 Å². The van der Waals surface area contributed by atoms with Crippen LogP contribution in [0.15, 0.2) is 36.7 Å². The Hall–Kier alpha value is -3.56. The first-order chi connectivity index (χ1) is 15.0. The van der Waals surface area contributed by atoms with Crippen molar-refractivity contribution in [1.82, 2.24) is 24.8 Å². The standard InChI is InChI=1S/C20H20N6O5/c21-17-14-18(26(10-23-14)20-16(29)15(28)12(9-27)31-20)25-13(24-17)7-4-8-22-19(30)11-5-2-1-3-6-11/h1-3,5-6,10,12,15-16,20,27-29H,8-9H2,(H,22,30)(H2,21,24,25)/t12-,15?,16?,20-/m1/s1. The number of aliphatic hydroxyl groups excluding tert-OH is 3. The minimum Gasteiger partial charge on any atom is -0.394 e. The number of hydrogen-bond donors (Lipinski definition) is 5. The molecule has 3 aromatic rings. The Morgan fingerprint density at radius 3 is 2.71 bits per heavy atom. The zero-order chi connectivity index (χ0) is 22.0. The van der Waals surface area contributed by atoms with Gasteiger partial charge in [0.05, 0.1) is 19.5 Å². The maximum absolute atomic E-state index is 12.0. The Morgan fingerprint density at radius 1 is 1.23 bits per heavy atom. The molecule has 1 aliphatic rings. The third-order valence-corrected chi connectivity index (χ3v) is 4.81. The second-order valence-electron chi connectivity index (χ2n) is 6.84. The molecule has 1 fully saturated rings. The average molecular weight is 424 g/mol. The van der Waals surface area contributed by atoms with Gasteiger partial charge in [0.2, 0.25) is 5.82 Å². The first kappa shape index (κ1) is 20.7. The lowest BCUT2D eigenvalue weighted by molar-refractivity contribution is -0.0511. The fourth-order valence-electron chi connectivity index (χ4n) is 3.23. The highest BCUT2D eigenvalue weighted by Gasteiger charge is 2.44. The number of nitrogens with one attached hydrogen (secondary N) is 1. The van der Waals surface area contributed by atoms with E-state index in [1.54, 1.807) is 24.3 Å². The molecule has 0 aliphatic carbocycles. The Labute approximate surface area is 176 Å². The Balaban J connectivity index is 1.53. The van der Waals surface area contributed by atoms with Crippen LogP contribution in [0.3, 0.4) is 0 Å². The van der Waals surface area contributed by atoms with E-state index >= 15 is 0 Å².